The SMILES string of the molecule is CC(CCC(=O)O)NC(=O)N1CCC(C)C1CO. The van der Waals surface area contributed by atoms with Crippen LogP contribution in [0.25, 0.3) is 0 Å². The highest BCUT2D eigenvalue weighted by Crippen LogP contribution is 2.23. The molecular formula is C12H22N2O4. The predicted octanol–water partition coefficient (Wildman–Crippen LogP) is 0.652. The van der Waals surface area contributed by atoms with Crippen molar-refractivity contribution in [2.75, 3.05) is 13.2 Å². The fourth-order valence-corrected chi connectivity index (χ4v) is 2.24. The molecular weight excluding hydrogens is 236 g/mol. The summed E-state index contributed by atoms with van der Waals surface area (Å²) in [7, 11) is 0. The molecule has 1 heterocycles. The van der Waals surface area contributed by atoms with Crippen molar-refractivity contribution in [3.8, 4) is 0 Å². The number of nitrogens with one attached hydrogen (secondary N) is 1. The summed E-state index contributed by atoms with van der Waals surface area (Å²) in [5, 5.41) is 20.6. The normalized spacial score (nSPS) is 24.9. The number of nitrogens with zero attached hydrogens (tertiary/aromatic N) is 1. The van der Waals surface area contributed by atoms with Gasteiger partial charge in [-0.2, -0.15) is 0 Å². The molecule has 1 saturated heterocycles. The van der Waals surface area contributed by atoms with E-state index in [1.54, 1.807) is 11.8 Å². The first-order valence-corrected chi connectivity index (χ1v) is 6.35. The smallest absolute Gasteiger partial charge is 0.317 e. The van der Waals surface area contributed by atoms with Gasteiger partial charge in [-0.15, -0.1) is 0 Å². The van der Waals surface area contributed by atoms with Crippen LogP contribution >= 0.6 is 0 Å². The van der Waals surface area contributed by atoms with E-state index in [1.165, 1.54) is 0 Å². The van der Waals surface area contributed by atoms with Crippen LogP contribution in [0.1, 0.15) is 33.1 Å². The highest BCUT2D eigenvalue weighted by Gasteiger charge is 2.34. The summed E-state index contributed by atoms with van der Waals surface area (Å²) < 4.78 is 0. The maximum Gasteiger partial charge on any atom is 0.317 e. The summed E-state index contributed by atoms with van der Waals surface area (Å²) in [4.78, 5) is 24.0. The van der Waals surface area contributed by atoms with Crippen LogP contribution in [0.2, 0.25) is 0 Å². The van der Waals surface area contributed by atoms with Crippen LogP contribution in [0, 0.1) is 5.92 Å². The van der Waals surface area contributed by atoms with Crippen molar-refractivity contribution in [3.05, 3.63) is 0 Å². The van der Waals surface area contributed by atoms with Gasteiger partial charge in [0.1, 0.15) is 0 Å². The van der Waals surface area contributed by atoms with Crippen molar-refractivity contribution in [1.29, 1.82) is 0 Å². The first kappa shape index (κ1) is 14.8. The van der Waals surface area contributed by atoms with Crippen molar-refractivity contribution in [1.82, 2.24) is 10.2 Å². The minimum atomic E-state index is -0.862. The summed E-state index contributed by atoms with van der Waals surface area (Å²) in [6, 6.07) is -0.517. The lowest BCUT2D eigenvalue weighted by atomic mass is 10.0. The van der Waals surface area contributed by atoms with Gasteiger partial charge in [0.25, 0.3) is 0 Å². The lowest BCUT2D eigenvalue weighted by Gasteiger charge is -2.27. The molecule has 0 saturated carbocycles. The molecule has 0 aromatic carbocycles. The van der Waals surface area contributed by atoms with Gasteiger partial charge in [-0.25, -0.2) is 4.79 Å². The molecule has 3 atom stereocenters. The van der Waals surface area contributed by atoms with E-state index in [0.29, 0.717) is 18.9 Å². The fraction of sp³-hybridized carbons (Fsp3) is 0.833. The number of likely N-dealkylation sites (tertiary alicyclic amines) is 1. The molecule has 1 fully saturated rings. The van der Waals surface area contributed by atoms with Crippen molar-refractivity contribution < 1.29 is 19.8 Å². The molecule has 0 aromatic heterocycles. The molecule has 0 spiro atoms. The molecule has 104 valence electrons. The first-order chi connectivity index (χ1) is 8.45. The van der Waals surface area contributed by atoms with E-state index in [1.807, 2.05) is 6.92 Å². The molecule has 3 unspecified atom stereocenters. The van der Waals surface area contributed by atoms with E-state index in [-0.39, 0.29) is 31.1 Å². The van der Waals surface area contributed by atoms with Gasteiger partial charge in [0.15, 0.2) is 0 Å². The van der Waals surface area contributed by atoms with Gasteiger partial charge in [0, 0.05) is 19.0 Å². The number of carboxylic acids is 1. The van der Waals surface area contributed by atoms with Crippen LogP contribution in [-0.4, -0.2) is 52.3 Å². The molecule has 1 aliphatic heterocycles. The molecule has 1 aliphatic rings. The fourth-order valence-electron chi connectivity index (χ4n) is 2.24. The number of urea groups is 1. The van der Waals surface area contributed by atoms with E-state index < -0.39 is 5.97 Å². The molecule has 18 heavy (non-hydrogen) atoms. The third-order valence-corrected chi connectivity index (χ3v) is 3.49. The Kier molecular flexibility index (Phi) is 5.40. The summed E-state index contributed by atoms with van der Waals surface area (Å²) >= 11 is 0. The zero-order valence-corrected chi connectivity index (χ0v) is 10.9. The van der Waals surface area contributed by atoms with Gasteiger partial charge in [0.2, 0.25) is 0 Å². The average Bonchev–Trinajstić information content (AvgIpc) is 2.67. The van der Waals surface area contributed by atoms with Gasteiger partial charge in [-0.05, 0) is 25.7 Å². The minimum Gasteiger partial charge on any atom is -0.481 e. The molecule has 0 bridgehead atoms. The van der Waals surface area contributed by atoms with Crippen molar-refractivity contribution >= 4 is 12.0 Å². The van der Waals surface area contributed by atoms with E-state index in [4.69, 9.17) is 5.11 Å². The number of hydrogen-bond donors (Lipinski definition) is 3. The molecule has 0 aliphatic carbocycles. The maximum atomic E-state index is 12.0. The second-order valence-electron chi connectivity index (χ2n) is 4.99. The molecule has 6 heteroatoms. The molecule has 6 nitrogen and oxygen atoms in total. The summed E-state index contributed by atoms with van der Waals surface area (Å²) in [6.07, 6.45) is 1.34. The van der Waals surface area contributed by atoms with Crippen molar-refractivity contribution in [2.24, 2.45) is 5.92 Å². The second kappa shape index (κ2) is 6.58. The lowest BCUT2D eigenvalue weighted by Crippen LogP contribution is -2.48. The topological polar surface area (TPSA) is 89.9 Å². The summed E-state index contributed by atoms with van der Waals surface area (Å²) in [6.45, 7) is 4.41. The number of hydrogen-bond acceptors (Lipinski definition) is 3. The number of carbonyl (C=O) groups is 2. The Morgan fingerprint density at radius 1 is 1.50 bits per heavy atom. The van der Waals surface area contributed by atoms with Gasteiger partial charge >= 0.3 is 12.0 Å². The van der Waals surface area contributed by atoms with E-state index >= 15 is 0 Å². The molecule has 1 rings (SSSR count). The largest absolute Gasteiger partial charge is 0.481 e. The highest BCUT2D eigenvalue weighted by atomic mass is 16.4. The summed E-state index contributed by atoms with van der Waals surface area (Å²) in [5.41, 5.74) is 0. The van der Waals surface area contributed by atoms with Gasteiger partial charge < -0.3 is 20.4 Å². The van der Waals surface area contributed by atoms with Crippen LogP contribution in [0.3, 0.4) is 0 Å². The third-order valence-electron chi connectivity index (χ3n) is 3.49. The van der Waals surface area contributed by atoms with E-state index in [9.17, 15) is 14.7 Å². The third kappa shape index (κ3) is 3.87. The Morgan fingerprint density at radius 3 is 2.72 bits per heavy atom. The monoisotopic (exact) mass is 258 g/mol. The number of aliphatic carboxylic acids is 1. The second-order valence-corrected chi connectivity index (χ2v) is 4.99. The van der Waals surface area contributed by atoms with Crippen LogP contribution in [0.5, 0.6) is 0 Å². The number of rotatable bonds is 5. The average molecular weight is 258 g/mol. The Morgan fingerprint density at radius 2 is 2.17 bits per heavy atom. The number of amides is 2. The first-order valence-electron chi connectivity index (χ1n) is 6.35. The zero-order valence-electron chi connectivity index (χ0n) is 10.9. The van der Waals surface area contributed by atoms with Gasteiger partial charge in [-0.1, -0.05) is 6.92 Å². The van der Waals surface area contributed by atoms with E-state index in [0.717, 1.165) is 6.42 Å². The van der Waals surface area contributed by atoms with Crippen molar-refractivity contribution in [3.63, 3.8) is 0 Å². The predicted molar refractivity (Wildman–Crippen MR) is 66.2 cm³/mol. The number of aliphatic hydroxyl groups is 1. The molecule has 0 aromatic rings. The van der Waals surface area contributed by atoms with Crippen LogP contribution in [0.4, 0.5) is 4.79 Å². The van der Waals surface area contributed by atoms with E-state index in [2.05, 4.69) is 5.32 Å². The van der Waals surface area contributed by atoms with Crippen LogP contribution in [0.15, 0.2) is 0 Å². The maximum absolute atomic E-state index is 12.0. The minimum absolute atomic E-state index is 0.0297. The Labute approximate surface area is 107 Å². The molecule has 0 radical (unpaired) electrons. The van der Waals surface area contributed by atoms with Gasteiger partial charge in [0.05, 0.1) is 12.6 Å². The van der Waals surface area contributed by atoms with Crippen LogP contribution in [-0.2, 0) is 4.79 Å². The highest BCUT2D eigenvalue weighted by molar-refractivity contribution is 5.75. The Bertz CT molecular complexity index is 308. The summed E-state index contributed by atoms with van der Waals surface area (Å²) in [5.74, 6) is -0.561. The van der Waals surface area contributed by atoms with Crippen LogP contribution < -0.4 is 5.32 Å². The Hall–Kier alpha value is -1.30. The standard InChI is InChI=1S/C12H22N2O4/c1-8-5-6-14(10(8)7-15)12(18)13-9(2)3-4-11(16)17/h8-10,15H,3-7H2,1-2H3,(H,13,18)(H,16,17). The Balaban J connectivity index is 2.42. The number of carboxylic acid groups (broad SMARTS) is 1. The quantitative estimate of drug-likeness (QED) is 0.675. The molecule has 3 N–H and O–H groups in total. The zero-order chi connectivity index (χ0) is 13.7. The number of carbonyl (C=O) groups excluding carboxylic acids is 1. The molecule has 2 amide bonds. The lowest BCUT2D eigenvalue weighted by molar-refractivity contribution is -0.137. The van der Waals surface area contributed by atoms with Gasteiger partial charge in [-0.3, -0.25) is 4.79 Å². The number of aliphatic hydroxyl groups excluding tert-OH is 1. The van der Waals surface area contributed by atoms with Crippen molar-refractivity contribution in [2.45, 2.75) is 45.2 Å².